The number of ether oxygens (including phenoxy) is 4. The summed E-state index contributed by atoms with van der Waals surface area (Å²) in [5, 5.41) is 10.5. The van der Waals surface area contributed by atoms with Crippen molar-refractivity contribution in [3.8, 4) is 23.0 Å². The number of carbonyl (C=O) groups excluding carboxylic acids is 1. The maximum atomic E-state index is 13.5. The summed E-state index contributed by atoms with van der Waals surface area (Å²) in [4.78, 5) is 17.8. The Morgan fingerprint density at radius 3 is 2.24 bits per heavy atom. The lowest BCUT2D eigenvalue weighted by molar-refractivity contribution is -0.113. The highest BCUT2D eigenvalue weighted by Gasteiger charge is 2.34. The second kappa shape index (κ2) is 9.11. The Kier molecular flexibility index (Phi) is 6.07. The van der Waals surface area contributed by atoms with Crippen LogP contribution in [0.25, 0.3) is 0 Å². The molecule has 1 aliphatic rings. The van der Waals surface area contributed by atoms with Crippen LogP contribution >= 0.6 is 0 Å². The number of amides is 1. The van der Waals surface area contributed by atoms with Gasteiger partial charge in [0.15, 0.2) is 11.5 Å². The minimum Gasteiger partial charge on any atom is -0.497 e. The summed E-state index contributed by atoms with van der Waals surface area (Å²) >= 11 is 0. The largest absolute Gasteiger partial charge is 0.497 e. The lowest BCUT2D eigenvalue weighted by atomic mass is 9.94. The van der Waals surface area contributed by atoms with Crippen LogP contribution in [0.1, 0.15) is 18.5 Å². The fourth-order valence-electron chi connectivity index (χ4n) is 3.83. The zero-order valence-corrected chi connectivity index (χ0v) is 19.0. The number of nitrogens with one attached hydrogen (secondary N) is 2. The van der Waals surface area contributed by atoms with Crippen LogP contribution in [-0.2, 0) is 4.79 Å². The Balaban J connectivity index is 1.80. The van der Waals surface area contributed by atoms with Crippen LogP contribution in [0.15, 0.2) is 54.0 Å². The van der Waals surface area contributed by atoms with Crippen molar-refractivity contribution in [2.24, 2.45) is 0 Å². The Bertz CT molecular complexity index is 1180. The van der Waals surface area contributed by atoms with Crippen molar-refractivity contribution in [1.82, 2.24) is 14.8 Å². The quantitative estimate of drug-likeness (QED) is 0.564. The van der Waals surface area contributed by atoms with Gasteiger partial charge in [-0.3, -0.25) is 4.79 Å². The maximum Gasteiger partial charge on any atom is 0.255 e. The molecule has 0 aliphatic carbocycles. The van der Waals surface area contributed by atoms with Gasteiger partial charge >= 0.3 is 0 Å². The van der Waals surface area contributed by atoms with E-state index < -0.39 is 6.04 Å². The van der Waals surface area contributed by atoms with E-state index in [0.29, 0.717) is 45.9 Å². The van der Waals surface area contributed by atoms with Crippen LogP contribution in [0, 0.1) is 0 Å². The molecule has 1 aliphatic heterocycles. The maximum absolute atomic E-state index is 13.5. The van der Waals surface area contributed by atoms with E-state index in [2.05, 4.69) is 20.7 Å². The van der Waals surface area contributed by atoms with Gasteiger partial charge in [-0.25, -0.2) is 4.68 Å². The number of nitrogens with zero attached hydrogens (tertiary/aromatic N) is 3. The average Bonchev–Trinajstić information content (AvgIpc) is 3.30. The fourth-order valence-corrected chi connectivity index (χ4v) is 3.83. The molecule has 2 aromatic carbocycles. The van der Waals surface area contributed by atoms with Gasteiger partial charge in [0, 0.05) is 11.4 Å². The highest BCUT2D eigenvalue weighted by Crippen LogP contribution is 2.43. The van der Waals surface area contributed by atoms with Gasteiger partial charge in [-0.2, -0.15) is 10.1 Å². The van der Waals surface area contributed by atoms with Gasteiger partial charge in [-0.15, -0.1) is 0 Å². The van der Waals surface area contributed by atoms with Gasteiger partial charge in [0.1, 0.15) is 18.1 Å². The smallest absolute Gasteiger partial charge is 0.255 e. The molecule has 0 unspecified atom stereocenters. The lowest BCUT2D eigenvalue weighted by Crippen LogP contribution is -2.31. The molecular formula is C23H25N5O5. The first-order valence-electron chi connectivity index (χ1n) is 10.1. The number of allylic oxidation sites excluding steroid dienone is 1. The van der Waals surface area contributed by atoms with Crippen molar-refractivity contribution in [2.45, 2.75) is 13.0 Å². The number of rotatable bonds is 7. The standard InChI is InChI=1S/C23H25N5O5/c1-13-19(22(29)27-15-6-8-16(30-2)9-7-15)20(28-23(26-13)24-12-25-28)14-10-17(31-3)21(33-5)18(11-14)32-4/h6-12,20H,1-5H3,(H,27,29)(H,24,25,26)/t20-/m0/s1. The molecule has 33 heavy (non-hydrogen) atoms. The Labute approximate surface area is 191 Å². The molecule has 3 aromatic rings. The SMILES string of the molecule is COc1ccc(NC(=O)C2=C(C)Nc3ncnn3[C@H]2c2cc(OC)c(OC)c(OC)c2)cc1. The number of methoxy groups -OCH3 is 4. The first-order valence-corrected chi connectivity index (χ1v) is 10.1. The molecule has 1 aromatic heterocycles. The van der Waals surface area contributed by atoms with Crippen LogP contribution in [0.5, 0.6) is 23.0 Å². The third-order valence-electron chi connectivity index (χ3n) is 5.39. The first kappa shape index (κ1) is 22.0. The third kappa shape index (κ3) is 4.02. The van der Waals surface area contributed by atoms with Gasteiger partial charge in [0.2, 0.25) is 11.7 Å². The molecule has 2 N–H and O–H groups in total. The summed E-state index contributed by atoms with van der Waals surface area (Å²) in [7, 11) is 6.22. The van der Waals surface area contributed by atoms with E-state index >= 15 is 0 Å². The van der Waals surface area contributed by atoms with Gasteiger partial charge in [0.25, 0.3) is 5.91 Å². The summed E-state index contributed by atoms with van der Waals surface area (Å²) in [6, 6.07) is 10.1. The number of carbonyl (C=O) groups is 1. The molecule has 0 saturated carbocycles. The monoisotopic (exact) mass is 451 g/mol. The van der Waals surface area contributed by atoms with Gasteiger partial charge in [0.05, 0.1) is 34.0 Å². The molecule has 0 bridgehead atoms. The number of aromatic nitrogens is 3. The van der Waals surface area contributed by atoms with Crippen molar-refractivity contribution in [1.29, 1.82) is 0 Å². The molecule has 4 rings (SSSR count). The van der Waals surface area contributed by atoms with E-state index in [1.165, 1.54) is 13.4 Å². The van der Waals surface area contributed by atoms with Crippen molar-refractivity contribution in [3.05, 3.63) is 59.6 Å². The van der Waals surface area contributed by atoms with E-state index in [0.717, 1.165) is 5.56 Å². The van der Waals surface area contributed by atoms with E-state index in [4.69, 9.17) is 18.9 Å². The number of anilines is 2. The molecule has 0 radical (unpaired) electrons. The Hall–Kier alpha value is -4.21. The molecular weight excluding hydrogens is 426 g/mol. The number of benzene rings is 2. The number of hydrogen-bond donors (Lipinski definition) is 2. The number of fused-ring (bicyclic) bond motifs is 1. The third-order valence-corrected chi connectivity index (χ3v) is 5.39. The summed E-state index contributed by atoms with van der Waals surface area (Å²) in [5.74, 6) is 2.34. The predicted octanol–water partition coefficient (Wildman–Crippen LogP) is 3.24. The molecule has 0 fully saturated rings. The van der Waals surface area contributed by atoms with Crippen molar-refractivity contribution in [2.75, 3.05) is 39.1 Å². The topological polar surface area (TPSA) is 109 Å². The molecule has 1 amide bonds. The van der Waals surface area contributed by atoms with Gasteiger partial charge < -0.3 is 29.6 Å². The highest BCUT2D eigenvalue weighted by atomic mass is 16.5. The van der Waals surface area contributed by atoms with Crippen LogP contribution in [0.3, 0.4) is 0 Å². The van der Waals surface area contributed by atoms with E-state index in [1.807, 2.05) is 6.92 Å². The van der Waals surface area contributed by atoms with Crippen LogP contribution < -0.4 is 29.6 Å². The second-order valence-electron chi connectivity index (χ2n) is 7.24. The van der Waals surface area contributed by atoms with Crippen molar-refractivity contribution < 1.29 is 23.7 Å². The Morgan fingerprint density at radius 2 is 1.67 bits per heavy atom. The highest BCUT2D eigenvalue weighted by molar-refractivity contribution is 6.06. The van der Waals surface area contributed by atoms with Crippen LogP contribution in [0.4, 0.5) is 11.6 Å². The van der Waals surface area contributed by atoms with Crippen LogP contribution in [-0.4, -0.2) is 49.1 Å². The minimum atomic E-state index is -0.587. The normalized spacial score (nSPS) is 14.8. The summed E-state index contributed by atoms with van der Waals surface area (Å²) in [5.41, 5.74) is 2.48. The van der Waals surface area contributed by atoms with Crippen LogP contribution in [0.2, 0.25) is 0 Å². The molecule has 10 heteroatoms. The second-order valence-corrected chi connectivity index (χ2v) is 7.24. The fraction of sp³-hybridized carbons (Fsp3) is 0.261. The minimum absolute atomic E-state index is 0.287. The zero-order valence-electron chi connectivity index (χ0n) is 19.0. The van der Waals surface area contributed by atoms with Gasteiger partial charge in [-0.1, -0.05) is 0 Å². The summed E-state index contributed by atoms with van der Waals surface area (Å²) in [6.07, 6.45) is 1.44. The molecule has 2 heterocycles. The van der Waals surface area contributed by atoms with Crippen molar-refractivity contribution in [3.63, 3.8) is 0 Å². The van der Waals surface area contributed by atoms with Gasteiger partial charge in [-0.05, 0) is 48.9 Å². The molecule has 0 spiro atoms. The number of hydrogen-bond acceptors (Lipinski definition) is 8. The van der Waals surface area contributed by atoms with E-state index in [9.17, 15) is 4.79 Å². The average molecular weight is 451 g/mol. The van der Waals surface area contributed by atoms with E-state index in [1.54, 1.807) is 62.4 Å². The lowest BCUT2D eigenvalue weighted by Gasteiger charge is -2.29. The molecule has 10 nitrogen and oxygen atoms in total. The predicted molar refractivity (Wildman–Crippen MR) is 122 cm³/mol. The first-order chi connectivity index (χ1) is 16.0. The summed E-state index contributed by atoms with van der Waals surface area (Å²) in [6.45, 7) is 1.83. The Morgan fingerprint density at radius 1 is 1.00 bits per heavy atom. The van der Waals surface area contributed by atoms with E-state index in [-0.39, 0.29) is 5.91 Å². The summed E-state index contributed by atoms with van der Waals surface area (Å²) < 4.78 is 23.3. The molecule has 0 saturated heterocycles. The molecule has 172 valence electrons. The van der Waals surface area contributed by atoms with Crippen molar-refractivity contribution >= 4 is 17.5 Å². The zero-order chi connectivity index (χ0) is 23.5. The molecule has 1 atom stereocenters.